The highest BCUT2D eigenvalue weighted by Crippen LogP contribution is 2.41. The first-order valence-electron chi connectivity index (χ1n) is 6.20. The van der Waals surface area contributed by atoms with E-state index >= 15 is 0 Å². The Labute approximate surface area is 99.3 Å². The van der Waals surface area contributed by atoms with Crippen LogP contribution in [0.3, 0.4) is 0 Å². The van der Waals surface area contributed by atoms with Gasteiger partial charge in [-0.3, -0.25) is 4.57 Å². The Morgan fingerprint density at radius 3 is 2.31 bits per heavy atom. The number of hydrogen-bond acceptors (Lipinski definition) is 3. The van der Waals surface area contributed by atoms with Crippen LogP contribution in [0, 0.1) is 0 Å². The van der Waals surface area contributed by atoms with Crippen LogP contribution in [-0.2, 0) is 9.09 Å². The van der Waals surface area contributed by atoms with Gasteiger partial charge in [0.1, 0.15) is 0 Å². The Morgan fingerprint density at radius 2 is 1.75 bits per heavy atom. The third-order valence-electron chi connectivity index (χ3n) is 2.54. The van der Waals surface area contributed by atoms with Crippen molar-refractivity contribution < 1.29 is 14.0 Å². The van der Waals surface area contributed by atoms with Gasteiger partial charge in [-0.15, -0.1) is 0 Å². The molecule has 0 spiro atoms. The van der Waals surface area contributed by atoms with Gasteiger partial charge in [-0.25, -0.2) is 0 Å². The van der Waals surface area contributed by atoms with Crippen LogP contribution in [0.25, 0.3) is 0 Å². The Bertz CT molecular complexity index is 200. The van der Waals surface area contributed by atoms with Gasteiger partial charge < -0.3 is 14.7 Å². The van der Waals surface area contributed by atoms with E-state index in [1.165, 1.54) is 26.4 Å². The van der Waals surface area contributed by atoms with Crippen molar-refractivity contribution in [3.63, 3.8) is 0 Å². The predicted octanol–water partition coefficient (Wildman–Crippen LogP) is 2.77. The second-order valence-corrected chi connectivity index (χ2v) is 6.15. The first-order valence-corrected chi connectivity index (χ1v) is 7.97. The number of unbranched alkanes of at least 4 members (excludes halogenated alkanes) is 4. The van der Waals surface area contributed by atoms with Crippen LogP contribution in [0.2, 0.25) is 0 Å². The second-order valence-electron chi connectivity index (χ2n) is 4.06. The molecule has 0 heterocycles. The second kappa shape index (κ2) is 10.3. The first kappa shape index (κ1) is 16.1. The molecule has 0 radical (unpaired) electrons. The van der Waals surface area contributed by atoms with E-state index in [9.17, 15) is 4.57 Å². The fourth-order valence-electron chi connectivity index (χ4n) is 1.45. The van der Waals surface area contributed by atoms with Crippen molar-refractivity contribution in [1.29, 1.82) is 0 Å². The summed E-state index contributed by atoms with van der Waals surface area (Å²) in [7, 11) is -1.98. The maximum absolute atomic E-state index is 11.1. The molecule has 1 atom stereocenters. The Kier molecular flexibility index (Phi) is 10.3. The maximum Gasteiger partial charge on any atom is 0.327 e. The average Bonchev–Trinajstić information content (AvgIpc) is 2.27. The van der Waals surface area contributed by atoms with E-state index in [0.29, 0.717) is 0 Å². The van der Waals surface area contributed by atoms with Crippen LogP contribution >= 0.6 is 7.60 Å². The monoisotopic (exact) mass is 251 g/mol. The molecule has 0 saturated carbocycles. The van der Waals surface area contributed by atoms with Crippen LogP contribution in [-0.4, -0.2) is 31.3 Å². The molecule has 16 heavy (non-hydrogen) atoms. The highest BCUT2D eigenvalue weighted by molar-refractivity contribution is 7.52. The minimum atomic E-state index is -3.26. The van der Waals surface area contributed by atoms with E-state index in [4.69, 9.17) is 4.89 Å². The lowest BCUT2D eigenvalue weighted by molar-refractivity contribution is 0.314. The molecule has 5 heteroatoms. The molecule has 0 saturated heterocycles. The molecule has 0 amide bonds. The average molecular weight is 251 g/mol. The summed E-state index contributed by atoms with van der Waals surface area (Å²) in [5.74, 6) is 0. The fraction of sp³-hybridized carbons (Fsp3) is 1.00. The highest BCUT2D eigenvalue weighted by atomic mass is 31.2. The van der Waals surface area contributed by atoms with Crippen molar-refractivity contribution in [1.82, 2.24) is 5.32 Å². The standard InChI is InChI=1S/C11H26NO3P/c1-3-4-6-9-12-10-7-5-8-11-16(13,14)15-2/h12H,3-11H2,1-2H3,(H,13,14). The van der Waals surface area contributed by atoms with E-state index in [-0.39, 0.29) is 6.16 Å². The van der Waals surface area contributed by atoms with Crippen molar-refractivity contribution >= 4 is 7.60 Å². The molecule has 0 aliphatic rings. The maximum atomic E-state index is 11.1. The molecular weight excluding hydrogens is 225 g/mol. The summed E-state index contributed by atoms with van der Waals surface area (Å²) in [6.07, 6.45) is 6.87. The van der Waals surface area contributed by atoms with Gasteiger partial charge in [0.05, 0.1) is 0 Å². The molecule has 0 aromatic heterocycles. The molecule has 0 aromatic rings. The Hall–Kier alpha value is 0.110. The summed E-state index contributed by atoms with van der Waals surface area (Å²) in [5.41, 5.74) is 0. The summed E-state index contributed by atoms with van der Waals surface area (Å²) >= 11 is 0. The number of rotatable bonds is 11. The van der Waals surface area contributed by atoms with Gasteiger partial charge in [-0.2, -0.15) is 0 Å². The van der Waals surface area contributed by atoms with Crippen LogP contribution < -0.4 is 5.32 Å². The molecule has 2 N–H and O–H groups in total. The summed E-state index contributed by atoms with van der Waals surface area (Å²) < 4.78 is 15.6. The van der Waals surface area contributed by atoms with Gasteiger partial charge in [0.2, 0.25) is 0 Å². The summed E-state index contributed by atoms with van der Waals surface area (Å²) in [6.45, 7) is 4.29. The summed E-state index contributed by atoms with van der Waals surface area (Å²) in [5, 5.41) is 3.37. The van der Waals surface area contributed by atoms with Crippen LogP contribution in [0.4, 0.5) is 0 Å². The largest absolute Gasteiger partial charge is 0.327 e. The van der Waals surface area contributed by atoms with Gasteiger partial charge in [0, 0.05) is 13.3 Å². The molecule has 0 aliphatic carbocycles. The lowest BCUT2D eigenvalue weighted by Gasteiger charge is -2.08. The predicted molar refractivity (Wildman–Crippen MR) is 67.9 cm³/mol. The van der Waals surface area contributed by atoms with Crippen LogP contribution in [0.5, 0.6) is 0 Å². The van der Waals surface area contributed by atoms with E-state index in [2.05, 4.69) is 16.8 Å². The van der Waals surface area contributed by atoms with Crippen molar-refractivity contribution in [2.45, 2.75) is 45.4 Å². The summed E-state index contributed by atoms with van der Waals surface area (Å²) in [6, 6.07) is 0. The van der Waals surface area contributed by atoms with Gasteiger partial charge in [0.25, 0.3) is 0 Å². The van der Waals surface area contributed by atoms with Crippen molar-refractivity contribution in [2.75, 3.05) is 26.4 Å². The zero-order valence-electron chi connectivity index (χ0n) is 10.6. The Balaban J connectivity index is 3.13. The SMILES string of the molecule is CCCCCNCCCCCP(=O)(O)OC. The summed E-state index contributed by atoms with van der Waals surface area (Å²) in [4.78, 5) is 9.14. The highest BCUT2D eigenvalue weighted by Gasteiger charge is 2.15. The smallest absolute Gasteiger partial charge is 0.324 e. The van der Waals surface area contributed by atoms with Gasteiger partial charge in [-0.05, 0) is 32.4 Å². The first-order chi connectivity index (χ1) is 7.62. The fourth-order valence-corrected chi connectivity index (χ4v) is 2.26. The lowest BCUT2D eigenvalue weighted by atomic mass is 10.2. The van der Waals surface area contributed by atoms with Crippen LogP contribution in [0.15, 0.2) is 0 Å². The zero-order chi connectivity index (χ0) is 12.3. The van der Waals surface area contributed by atoms with E-state index in [0.717, 1.165) is 32.4 Å². The van der Waals surface area contributed by atoms with Gasteiger partial charge >= 0.3 is 7.60 Å². The number of nitrogens with one attached hydrogen (secondary N) is 1. The molecule has 0 fully saturated rings. The van der Waals surface area contributed by atoms with Gasteiger partial charge in [-0.1, -0.05) is 26.2 Å². The zero-order valence-corrected chi connectivity index (χ0v) is 11.5. The molecular formula is C11H26NO3P. The quantitative estimate of drug-likeness (QED) is 0.438. The minimum absolute atomic E-state index is 0.277. The molecule has 98 valence electrons. The molecule has 0 rings (SSSR count). The molecule has 0 bridgehead atoms. The van der Waals surface area contributed by atoms with Crippen molar-refractivity contribution in [2.24, 2.45) is 0 Å². The van der Waals surface area contributed by atoms with Crippen LogP contribution in [0.1, 0.15) is 45.4 Å². The molecule has 0 aliphatic heterocycles. The molecule has 0 aromatic carbocycles. The normalized spacial score (nSPS) is 14.9. The van der Waals surface area contributed by atoms with E-state index < -0.39 is 7.60 Å². The minimum Gasteiger partial charge on any atom is -0.324 e. The number of hydrogen-bond donors (Lipinski definition) is 2. The lowest BCUT2D eigenvalue weighted by Crippen LogP contribution is -2.16. The van der Waals surface area contributed by atoms with Crippen molar-refractivity contribution in [3.8, 4) is 0 Å². The molecule has 1 unspecified atom stereocenters. The Morgan fingerprint density at radius 1 is 1.12 bits per heavy atom. The van der Waals surface area contributed by atoms with E-state index in [1.54, 1.807) is 0 Å². The third kappa shape index (κ3) is 10.6. The molecule has 4 nitrogen and oxygen atoms in total. The van der Waals surface area contributed by atoms with E-state index in [1.807, 2.05) is 0 Å². The van der Waals surface area contributed by atoms with Crippen molar-refractivity contribution in [3.05, 3.63) is 0 Å². The third-order valence-corrected chi connectivity index (χ3v) is 3.99. The topological polar surface area (TPSA) is 58.6 Å². The van der Waals surface area contributed by atoms with Gasteiger partial charge in [0.15, 0.2) is 0 Å².